The molecule has 0 spiro atoms. The predicted molar refractivity (Wildman–Crippen MR) is 123 cm³/mol. The largest absolute Gasteiger partial charge is 0.493 e. The fraction of sp³-hybridized carbons (Fsp3) is 0.333. The van der Waals surface area contributed by atoms with Crippen molar-refractivity contribution >= 4 is 29.7 Å². The van der Waals surface area contributed by atoms with Gasteiger partial charge in [-0.15, -0.1) is 0 Å². The topological polar surface area (TPSA) is 106 Å². The molecule has 2 rings (SSSR count). The standard InChI is InChI=1S/C24H29N3O5/c1-4-5-6-7-11-23(29)26-20-10-8-9-19(15-20)24(30)27-25-16-18-12-13-21(32-17(2)28)22(14-18)31-3/h8-10,12-16H,4-7,11H2,1-3H3,(H,26,29)(H,27,30). The molecule has 2 aromatic rings. The zero-order valence-electron chi connectivity index (χ0n) is 18.6. The summed E-state index contributed by atoms with van der Waals surface area (Å²) in [4.78, 5) is 35.6. The second-order valence-electron chi connectivity index (χ2n) is 7.14. The van der Waals surface area contributed by atoms with Crippen LogP contribution in [0.1, 0.15) is 61.9 Å². The van der Waals surface area contributed by atoms with Crippen LogP contribution < -0.4 is 20.2 Å². The Morgan fingerprint density at radius 3 is 2.56 bits per heavy atom. The molecule has 0 radical (unpaired) electrons. The Kier molecular flexibility index (Phi) is 9.90. The lowest BCUT2D eigenvalue weighted by atomic mass is 10.1. The number of nitrogens with zero attached hydrogens (tertiary/aromatic N) is 1. The normalized spacial score (nSPS) is 10.6. The van der Waals surface area contributed by atoms with E-state index in [-0.39, 0.29) is 5.91 Å². The van der Waals surface area contributed by atoms with Crippen molar-refractivity contribution in [2.24, 2.45) is 5.10 Å². The molecule has 0 atom stereocenters. The minimum Gasteiger partial charge on any atom is -0.493 e. The number of nitrogens with one attached hydrogen (secondary N) is 2. The first kappa shape index (κ1) is 24.6. The summed E-state index contributed by atoms with van der Waals surface area (Å²) in [6, 6.07) is 11.6. The summed E-state index contributed by atoms with van der Waals surface area (Å²) < 4.78 is 10.3. The molecule has 2 N–H and O–H groups in total. The number of unbranched alkanes of at least 4 members (excludes halogenated alkanes) is 3. The molecule has 0 aliphatic heterocycles. The van der Waals surface area contributed by atoms with Crippen LogP contribution in [-0.4, -0.2) is 31.1 Å². The van der Waals surface area contributed by atoms with Gasteiger partial charge < -0.3 is 14.8 Å². The minimum absolute atomic E-state index is 0.0668. The molecule has 0 bridgehead atoms. The monoisotopic (exact) mass is 439 g/mol. The predicted octanol–water partition coefficient (Wildman–Crippen LogP) is 4.29. The van der Waals surface area contributed by atoms with Crippen LogP contribution in [0.15, 0.2) is 47.6 Å². The average Bonchev–Trinajstić information content (AvgIpc) is 2.77. The van der Waals surface area contributed by atoms with E-state index in [0.29, 0.717) is 34.7 Å². The Balaban J connectivity index is 1.94. The van der Waals surface area contributed by atoms with Crippen molar-refractivity contribution in [2.45, 2.75) is 46.0 Å². The van der Waals surface area contributed by atoms with Gasteiger partial charge >= 0.3 is 5.97 Å². The van der Waals surface area contributed by atoms with Crippen molar-refractivity contribution in [3.8, 4) is 11.5 Å². The summed E-state index contributed by atoms with van der Waals surface area (Å²) in [5, 5.41) is 6.78. The molecule has 170 valence electrons. The summed E-state index contributed by atoms with van der Waals surface area (Å²) in [6.07, 6.45) is 6.02. The van der Waals surface area contributed by atoms with E-state index in [9.17, 15) is 14.4 Å². The Bertz CT molecular complexity index is 972. The van der Waals surface area contributed by atoms with Crippen LogP contribution in [0.5, 0.6) is 11.5 Å². The second kappa shape index (κ2) is 12.9. The zero-order valence-corrected chi connectivity index (χ0v) is 18.6. The average molecular weight is 440 g/mol. The van der Waals surface area contributed by atoms with Crippen LogP contribution in [0.3, 0.4) is 0 Å². The van der Waals surface area contributed by atoms with Crippen molar-refractivity contribution in [1.82, 2.24) is 5.43 Å². The second-order valence-corrected chi connectivity index (χ2v) is 7.14. The van der Waals surface area contributed by atoms with E-state index in [4.69, 9.17) is 9.47 Å². The fourth-order valence-electron chi connectivity index (χ4n) is 2.91. The highest BCUT2D eigenvalue weighted by molar-refractivity contribution is 5.97. The fourth-order valence-corrected chi connectivity index (χ4v) is 2.91. The Morgan fingerprint density at radius 1 is 1.03 bits per heavy atom. The number of benzene rings is 2. The van der Waals surface area contributed by atoms with Crippen molar-refractivity contribution in [3.05, 3.63) is 53.6 Å². The molecule has 0 aliphatic carbocycles. The van der Waals surface area contributed by atoms with Crippen LogP contribution in [0, 0.1) is 0 Å². The third-order valence-corrected chi connectivity index (χ3v) is 4.49. The highest BCUT2D eigenvalue weighted by atomic mass is 16.6. The molecule has 2 amide bonds. The van der Waals surface area contributed by atoms with E-state index in [2.05, 4.69) is 22.8 Å². The first-order chi connectivity index (χ1) is 15.4. The van der Waals surface area contributed by atoms with Gasteiger partial charge in [-0.25, -0.2) is 5.43 Å². The van der Waals surface area contributed by atoms with Crippen molar-refractivity contribution in [3.63, 3.8) is 0 Å². The molecule has 0 aromatic heterocycles. The Hall–Kier alpha value is -3.68. The number of ether oxygens (including phenoxy) is 2. The lowest BCUT2D eigenvalue weighted by molar-refractivity contribution is -0.132. The molecule has 32 heavy (non-hydrogen) atoms. The molecule has 0 saturated heterocycles. The molecule has 0 aliphatic rings. The number of methoxy groups -OCH3 is 1. The highest BCUT2D eigenvalue weighted by Crippen LogP contribution is 2.27. The minimum atomic E-state index is -0.452. The number of rotatable bonds is 11. The van der Waals surface area contributed by atoms with E-state index < -0.39 is 11.9 Å². The van der Waals surface area contributed by atoms with Gasteiger partial charge in [-0.1, -0.05) is 32.3 Å². The van der Waals surface area contributed by atoms with Gasteiger partial charge in [0, 0.05) is 24.6 Å². The van der Waals surface area contributed by atoms with Crippen molar-refractivity contribution in [2.75, 3.05) is 12.4 Å². The molecular weight excluding hydrogens is 410 g/mol. The van der Waals surface area contributed by atoms with Gasteiger partial charge in [0.05, 0.1) is 13.3 Å². The number of carbonyl (C=O) groups is 3. The van der Waals surface area contributed by atoms with E-state index in [0.717, 1.165) is 25.7 Å². The maximum absolute atomic E-state index is 12.4. The number of carbonyl (C=O) groups excluding carboxylic acids is 3. The molecule has 0 heterocycles. The van der Waals surface area contributed by atoms with Gasteiger partial charge in [0.25, 0.3) is 5.91 Å². The van der Waals surface area contributed by atoms with Crippen LogP contribution >= 0.6 is 0 Å². The maximum Gasteiger partial charge on any atom is 0.308 e. The third kappa shape index (κ3) is 8.22. The molecule has 0 saturated carbocycles. The number of hydrogen-bond acceptors (Lipinski definition) is 6. The lowest BCUT2D eigenvalue weighted by Crippen LogP contribution is -2.18. The van der Waals surface area contributed by atoms with Gasteiger partial charge in [0.15, 0.2) is 11.5 Å². The van der Waals surface area contributed by atoms with Gasteiger partial charge in [0.2, 0.25) is 5.91 Å². The SMILES string of the molecule is CCCCCCC(=O)Nc1cccc(C(=O)NN=Cc2ccc(OC(C)=O)c(OC)c2)c1. The zero-order chi connectivity index (χ0) is 23.3. The van der Waals surface area contributed by atoms with E-state index in [1.807, 2.05) is 0 Å². The first-order valence-electron chi connectivity index (χ1n) is 10.5. The van der Waals surface area contributed by atoms with Crippen molar-refractivity contribution in [1.29, 1.82) is 0 Å². The van der Waals surface area contributed by atoms with Crippen LogP contribution in [0.4, 0.5) is 5.69 Å². The first-order valence-corrected chi connectivity index (χ1v) is 10.5. The number of amides is 2. The quantitative estimate of drug-likeness (QED) is 0.179. The number of hydrogen-bond donors (Lipinski definition) is 2. The smallest absolute Gasteiger partial charge is 0.308 e. The van der Waals surface area contributed by atoms with Gasteiger partial charge in [-0.3, -0.25) is 14.4 Å². The summed E-state index contributed by atoms with van der Waals surface area (Å²) in [6.45, 7) is 3.43. The summed E-state index contributed by atoms with van der Waals surface area (Å²) in [5.74, 6) is -0.266. The van der Waals surface area contributed by atoms with Crippen molar-refractivity contribution < 1.29 is 23.9 Å². The summed E-state index contributed by atoms with van der Waals surface area (Å²) in [7, 11) is 1.46. The summed E-state index contributed by atoms with van der Waals surface area (Å²) >= 11 is 0. The Morgan fingerprint density at radius 2 is 1.84 bits per heavy atom. The third-order valence-electron chi connectivity index (χ3n) is 4.49. The van der Waals surface area contributed by atoms with Gasteiger partial charge in [-0.05, 0) is 48.4 Å². The number of hydrazone groups is 1. The number of esters is 1. The molecule has 2 aromatic carbocycles. The maximum atomic E-state index is 12.4. The molecule has 0 unspecified atom stereocenters. The Labute approximate surface area is 188 Å². The molecule has 8 nitrogen and oxygen atoms in total. The van der Waals surface area contributed by atoms with Gasteiger partial charge in [0.1, 0.15) is 0 Å². The summed E-state index contributed by atoms with van der Waals surface area (Å²) in [5.41, 5.74) is 4.03. The number of anilines is 1. The van der Waals surface area contributed by atoms with Gasteiger partial charge in [-0.2, -0.15) is 5.10 Å². The van der Waals surface area contributed by atoms with E-state index in [1.54, 1.807) is 42.5 Å². The van der Waals surface area contributed by atoms with Crippen LogP contribution in [0.2, 0.25) is 0 Å². The van der Waals surface area contributed by atoms with E-state index in [1.165, 1.54) is 20.2 Å². The van der Waals surface area contributed by atoms with Crippen LogP contribution in [0.25, 0.3) is 0 Å². The lowest BCUT2D eigenvalue weighted by Gasteiger charge is -2.08. The molecular formula is C24H29N3O5. The molecule has 0 fully saturated rings. The highest BCUT2D eigenvalue weighted by Gasteiger charge is 2.09. The van der Waals surface area contributed by atoms with Crippen LogP contribution in [-0.2, 0) is 9.59 Å². The van der Waals surface area contributed by atoms with E-state index >= 15 is 0 Å². The molecule has 8 heteroatoms.